The molecule has 0 heterocycles. The van der Waals surface area contributed by atoms with Crippen LogP contribution in [-0.2, 0) is 4.74 Å². The molecule has 0 bridgehead atoms. The number of amides is 2. The molecular formula is C15H28N2O3. The number of carbonyl (C=O) groups is 1. The second-order valence-corrected chi connectivity index (χ2v) is 6.47. The average Bonchev–Trinajstić information content (AvgIpc) is 3.26. The summed E-state index contributed by atoms with van der Waals surface area (Å²) in [7, 11) is 1.71. The maximum absolute atomic E-state index is 12.2. The number of hydrogen-bond acceptors (Lipinski definition) is 3. The summed E-state index contributed by atoms with van der Waals surface area (Å²) in [4.78, 5) is 12.2. The van der Waals surface area contributed by atoms with Crippen LogP contribution in [0.4, 0.5) is 4.79 Å². The summed E-state index contributed by atoms with van der Waals surface area (Å²) in [6.07, 6.45) is 7.73. The summed E-state index contributed by atoms with van der Waals surface area (Å²) < 4.78 is 5.51. The van der Waals surface area contributed by atoms with Crippen molar-refractivity contribution >= 4 is 6.03 Å². The van der Waals surface area contributed by atoms with Crippen LogP contribution < -0.4 is 10.6 Å². The largest absolute Gasteiger partial charge is 0.394 e. The van der Waals surface area contributed by atoms with Gasteiger partial charge in [-0.1, -0.05) is 19.3 Å². The molecule has 3 unspecified atom stereocenters. The highest BCUT2D eigenvalue weighted by atomic mass is 16.5. The van der Waals surface area contributed by atoms with Crippen LogP contribution in [0, 0.1) is 5.92 Å². The number of carbonyl (C=O) groups excluding carboxylic acids is 1. The minimum absolute atomic E-state index is 0.0105. The Kier molecular flexibility index (Phi) is 5.27. The van der Waals surface area contributed by atoms with Gasteiger partial charge in [0.15, 0.2) is 0 Å². The fraction of sp³-hybridized carbons (Fsp3) is 0.933. The first kappa shape index (κ1) is 15.6. The van der Waals surface area contributed by atoms with Gasteiger partial charge in [0.2, 0.25) is 0 Å². The Morgan fingerprint density at radius 2 is 1.95 bits per heavy atom. The lowest BCUT2D eigenvalue weighted by atomic mass is 9.97. The van der Waals surface area contributed by atoms with Gasteiger partial charge >= 0.3 is 6.03 Å². The second kappa shape index (κ2) is 6.76. The number of urea groups is 1. The summed E-state index contributed by atoms with van der Waals surface area (Å²) >= 11 is 0. The Hall–Kier alpha value is -0.810. The van der Waals surface area contributed by atoms with Crippen molar-refractivity contribution in [3.63, 3.8) is 0 Å². The van der Waals surface area contributed by atoms with E-state index in [0.29, 0.717) is 5.92 Å². The molecule has 2 saturated carbocycles. The molecular weight excluding hydrogens is 256 g/mol. The van der Waals surface area contributed by atoms with Gasteiger partial charge in [0.05, 0.1) is 24.3 Å². The van der Waals surface area contributed by atoms with Crippen molar-refractivity contribution in [2.45, 2.75) is 69.6 Å². The second-order valence-electron chi connectivity index (χ2n) is 6.47. The van der Waals surface area contributed by atoms with Crippen LogP contribution >= 0.6 is 0 Å². The summed E-state index contributed by atoms with van der Waals surface area (Å²) in [6, 6.07) is -0.105. The predicted octanol–water partition coefficient (Wildman–Crippen LogP) is 1.79. The van der Waals surface area contributed by atoms with Crippen molar-refractivity contribution in [1.29, 1.82) is 0 Å². The average molecular weight is 284 g/mol. The van der Waals surface area contributed by atoms with Gasteiger partial charge in [-0.2, -0.15) is 0 Å². The lowest BCUT2D eigenvalue weighted by Gasteiger charge is -2.31. The third-order valence-electron chi connectivity index (χ3n) is 4.78. The van der Waals surface area contributed by atoms with Gasteiger partial charge in [0.25, 0.3) is 0 Å². The van der Waals surface area contributed by atoms with Gasteiger partial charge in [-0.3, -0.25) is 0 Å². The molecule has 2 fully saturated rings. The highest BCUT2D eigenvalue weighted by Crippen LogP contribution is 2.39. The molecule has 0 aromatic heterocycles. The smallest absolute Gasteiger partial charge is 0.315 e. The van der Waals surface area contributed by atoms with E-state index in [1.807, 2.05) is 6.92 Å². The predicted molar refractivity (Wildman–Crippen MR) is 77.6 cm³/mol. The van der Waals surface area contributed by atoms with Crippen molar-refractivity contribution in [2.24, 2.45) is 5.92 Å². The van der Waals surface area contributed by atoms with E-state index in [0.717, 1.165) is 38.5 Å². The molecule has 0 saturated heterocycles. The maximum Gasteiger partial charge on any atom is 0.315 e. The van der Waals surface area contributed by atoms with Crippen LogP contribution in [0.2, 0.25) is 0 Å². The molecule has 0 aromatic carbocycles. The molecule has 20 heavy (non-hydrogen) atoms. The number of aliphatic hydroxyl groups is 1. The lowest BCUT2D eigenvalue weighted by Crippen LogP contribution is -2.57. The number of nitrogens with one attached hydrogen (secondary N) is 2. The van der Waals surface area contributed by atoms with Crippen molar-refractivity contribution in [3.05, 3.63) is 0 Å². The lowest BCUT2D eigenvalue weighted by molar-refractivity contribution is 0.0647. The van der Waals surface area contributed by atoms with Gasteiger partial charge < -0.3 is 20.5 Å². The van der Waals surface area contributed by atoms with E-state index in [-0.39, 0.29) is 24.8 Å². The third kappa shape index (κ3) is 3.85. The van der Waals surface area contributed by atoms with Gasteiger partial charge in [-0.05, 0) is 38.5 Å². The van der Waals surface area contributed by atoms with E-state index >= 15 is 0 Å². The van der Waals surface area contributed by atoms with Crippen LogP contribution in [0.15, 0.2) is 0 Å². The molecule has 0 radical (unpaired) electrons. The fourth-order valence-electron chi connectivity index (χ4n) is 3.18. The molecule has 2 aliphatic rings. The molecule has 0 aromatic rings. The van der Waals surface area contributed by atoms with Gasteiger partial charge in [-0.15, -0.1) is 0 Å². The summed E-state index contributed by atoms with van der Waals surface area (Å²) in [6.45, 7) is 1.91. The number of aliphatic hydroxyl groups excluding tert-OH is 1. The Morgan fingerprint density at radius 3 is 2.55 bits per heavy atom. The van der Waals surface area contributed by atoms with Crippen molar-refractivity contribution < 1.29 is 14.6 Å². The van der Waals surface area contributed by atoms with Gasteiger partial charge in [0, 0.05) is 7.11 Å². The van der Waals surface area contributed by atoms with E-state index in [4.69, 9.17) is 4.74 Å². The molecule has 0 aliphatic heterocycles. The monoisotopic (exact) mass is 284 g/mol. The first-order chi connectivity index (χ1) is 9.59. The first-order valence-corrected chi connectivity index (χ1v) is 7.81. The van der Waals surface area contributed by atoms with Crippen LogP contribution in [0.5, 0.6) is 0 Å². The highest BCUT2D eigenvalue weighted by Gasteiger charge is 2.42. The number of methoxy groups -OCH3 is 1. The summed E-state index contributed by atoms with van der Waals surface area (Å²) in [5.74, 6) is 0.408. The quantitative estimate of drug-likeness (QED) is 0.674. The zero-order chi connectivity index (χ0) is 14.6. The summed E-state index contributed by atoms with van der Waals surface area (Å²) in [5, 5.41) is 15.5. The molecule has 3 N–H and O–H groups in total. The molecule has 116 valence electrons. The minimum atomic E-state index is -0.489. The number of ether oxygens (including phenoxy) is 1. The number of hydrogen-bond donors (Lipinski definition) is 3. The van der Waals surface area contributed by atoms with E-state index in [2.05, 4.69) is 10.6 Å². The van der Waals surface area contributed by atoms with Crippen LogP contribution in [0.25, 0.3) is 0 Å². The van der Waals surface area contributed by atoms with Crippen molar-refractivity contribution in [1.82, 2.24) is 10.6 Å². The topological polar surface area (TPSA) is 70.6 Å². The van der Waals surface area contributed by atoms with E-state index in [9.17, 15) is 9.90 Å². The SMILES string of the molecule is COC1CCCCCC1NC(=O)NC(C)(CO)C1CC1. The molecule has 0 spiro atoms. The molecule has 5 heteroatoms. The van der Waals surface area contributed by atoms with Crippen LogP contribution in [0.1, 0.15) is 51.9 Å². The minimum Gasteiger partial charge on any atom is -0.394 e. The van der Waals surface area contributed by atoms with E-state index in [1.165, 1.54) is 6.42 Å². The number of rotatable bonds is 5. The van der Waals surface area contributed by atoms with Gasteiger partial charge in [0.1, 0.15) is 0 Å². The van der Waals surface area contributed by atoms with Crippen LogP contribution in [-0.4, -0.2) is 42.5 Å². The standard InChI is InChI=1S/C15H28N2O3/c1-15(10-18,11-8-9-11)17-14(19)16-12-6-4-3-5-7-13(12)20-2/h11-13,18H,3-10H2,1-2H3,(H2,16,17,19). The zero-order valence-electron chi connectivity index (χ0n) is 12.7. The Balaban J connectivity index is 1.88. The van der Waals surface area contributed by atoms with E-state index < -0.39 is 5.54 Å². The Labute approximate surface area is 121 Å². The summed E-state index contributed by atoms with van der Waals surface area (Å²) in [5.41, 5.74) is -0.489. The Bertz CT molecular complexity index is 333. The van der Waals surface area contributed by atoms with Gasteiger partial charge in [-0.25, -0.2) is 4.79 Å². The normalized spacial score (nSPS) is 30.1. The molecule has 5 nitrogen and oxygen atoms in total. The Morgan fingerprint density at radius 1 is 1.25 bits per heavy atom. The molecule has 2 rings (SSSR count). The highest BCUT2D eigenvalue weighted by molar-refractivity contribution is 5.75. The van der Waals surface area contributed by atoms with Crippen molar-refractivity contribution in [2.75, 3.05) is 13.7 Å². The molecule has 3 atom stereocenters. The van der Waals surface area contributed by atoms with E-state index in [1.54, 1.807) is 7.11 Å². The first-order valence-electron chi connectivity index (χ1n) is 7.81. The molecule has 2 aliphatic carbocycles. The maximum atomic E-state index is 12.2. The fourth-order valence-corrected chi connectivity index (χ4v) is 3.18. The third-order valence-corrected chi connectivity index (χ3v) is 4.78. The molecule has 2 amide bonds. The zero-order valence-corrected chi connectivity index (χ0v) is 12.7. The van der Waals surface area contributed by atoms with Crippen molar-refractivity contribution in [3.8, 4) is 0 Å². The van der Waals surface area contributed by atoms with Crippen LogP contribution in [0.3, 0.4) is 0 Å².